The molecule has 4 saturated heterocycles. The van der Waals surface area contributed by atoms with Crippen molar-refractivity contribution in [2.75, 3.05) is 114 Å². The van der Waals surface area contributed by atoms with Crippen molar-refractivity contribution in [2.24, 2.45) is 0 Å². The predicted octanol–water partition coefficient (Wildman–Crippen LogP) is 6.72. The van der Waals surface area contributed by atoms with Gasteiger partial charge in [0.1, 0.15) is 25.0 Å². The minimum Gasteiger partial charge on any atom is -0.492 e. The molecule has 12 rings (SSSR count). The van der Waals surface area contributed by atoms with Gasteiger partial charge >= 0.3 is 0 Å². The van der Waals surface area contributed by atoms with Gasteiger partial charge in [-0.05, 0) is 97.4 Å². The highest BCUT2D eigenvalue weighted by atomic mass is 16.5. The van der Waals surface area contributed by atoms with E-state index < -0.39 is 0 Å². The maximum absolute atomic E-state index is 9.80. The van der Waals surface area contributed by atoms with Crippen molar-refractivity contribution in [3.8, 4) is 17.0 Å². The van der Waals surface area contributed by atoms with Gasteiger partial charge in [-0.25, -0.2) is 39.9 Å². The van der Waals surface area contributed by atoms with Gasteiger partial charge in [0.05, 0.1) is 18.3 Å². The second-order valence-electron chi connectivity index (χ2n) is 20.2. The van der Waals surface area contributed by atoms with Crippen LogP contribution in [-0.4, -0.2) is 146 Å². The van der Waals surface area contributed by atoms with E-state index in [1.807, 2.05) is 61.1 Å². The van der Waals surface area contributed by atoms with E-state index in [1.165, 1.54) is 12.0 Å². The van der Waals surface area contributed by atoms with Crippen LogP contribution in [0.4, 0.5) is 52.8 Å². The van der Waals surface area contributed by atoms with E-state index in [9.17, 15) is 5.11 Å². The van der Waals surface area contributed by atoms with Crippen LogP contribution in [0.1, 0.15) is 47.9 Å². The van der Waals surface area contributed by atoms with Crippen molar-refractivity contribution in [2.45, 2.75) is 50.6 Å². The number of hydrogen-bond donors (Lipinski definition) is 4. The molecule has 4 fully saturated rings. The summed E-state index contributed by atoms with van der Waals surface area (Å²) in [6.45, 7) is 8.63. The Morgan fingerprint density at radius 3 is 1.71 bits per heavy atom. The molecule has 0 bridgehead atoms. The summed E-state index contributed by atoms with van der Waals surface area (Å²) >= 11 is 0. The van der Waals surface area contributed by atoms with Crippen LogP contribution in [-0.2, 0) is 12.8 Å². The second-order valence-corrected chi connectivity index (χ2v) is 20.2. The summed E-state index contributed by atoms with van der Waals surface area (Å²) in [5, 5.41) is 19.9. The average molecular weight is 1050 g/mol. The van der Waals surface area contributed by atoms with Gasteiger partial charge in [0.2, 0.25) is 35.7 Å². The Morgan fingerprint density at radius 2 is 1.10 bits per heavy atom. The van der Waals surface area contributed by atoms with E-state index in [-0.39, 0.29) is 12.6 Å². The zero-order chi connectivity index (χ0) is 52.5. The summed E-state index contributed by atoms with van der Waals surface area (Å²) < 4.78 is 5.98. The number of rotatable bonds is 18. The SMILES string of the molecule is OC[C@@H]1CCCN1c1ccc(Nc2ncnc(N3CCN(c4ncc(Cc5ccccc5)c(-c5ccc(Cc6cnc(N7CCN(c8ncnc(Nc9ccc(OC[C@H]%10CCCN%10)cc9)n8)CC7)nc6)cc5)n4)CC3)n2)cc1. The van der Waals surface area contributed by atoms with E-state index in [0.29, 0.717) is 87.4 Å². The fourth-order valence-corrected chi connectivity index (χ4v) is 10.7. The molecule has 4 aromatic carbocycles. The van der Waals surface area contributed by atoms with Crippen LogP contribution in [0.2, 0.25) is 0 Å². The van der Waals surface area contributed by atoms with Gasteiger partial charge in [0, 0.05) is 125 Å². The first-order chi connectivity index (χ1) is 38.5. The van der Waals surface area contributed by atoms with Crippen molar-refractivity contribution in [1.29, 1.82) is 0 Å². The van der Waals surface area contributed by atoms with Gasteiger partial charge in [0.15, 0.2) is 0 Å². The largest absolute Gasteiger partial charge is 0.492 e. The summed E-state index contributed by atoms with van der Waals surface area (Å²) in [4.78, 5) is 58.3. The first kappa shape index (κ1) is 50.2. The zero-order valence-corrected chi connectivity index (χ0v) is 43.6. The van der Waals surface area contributed by atoms with Gasteiger partial charge in [-0.1, -0.05) is 54.6 Å². The number of ether oxygens (including phenoxy) is 1. The molecule has 0 amide bonds. The minimum atomic E-state index is 0.169. The molecule has 4 aliphatic rings. The lowest BCUT2D eigenvalue weighted by Crippen LogP contribution is -2.47. The highest BCUT2D eigenvalue weighted by Gasteiger charge is 2.26. The topological polar surface area (TPSA) is 211 Å². The molecule has 2 atom stereocenters. The average Bonchev–Trinajstić information content (AvgIpc) is 4.22. The second kappa shape index (κ2) is 23.7. The number of aliphatic hydroxyl groups excluding tert-OH is 1. The molecular formula is C58H64N18O2. The molecule has 20 heteroatoms. The van der Waals surface area contributed by atoms with Crippen LogP contribution in [0.5, 0.6) is 5.75 Å². The van der Waals surface area contributed by atoms with Crippen molar-refractivity contribution < 1.29 is 9.84 Å². The lowest BCUT2D eigenvalue weighted by Gasteiger charge is -2.34. The molecule has 20 nitrogen and oxygen atoms in total. The van der Waals surface area contributed by atoms with Crippen LogP contribution >= 0.6 is 0 Å². The van der Waals surface area contributed by atoms with Crippen LogP contribution < -0.4 is 45.2 Å². The molecule has 0 saturated carbocycles. The van der Waals surface area contributed by atoms with E-state index in [2.05, 4.69) is 121 Å². The standard InChI is InChI=1S/C58H64N18O2/c77-37-50-9-5-23-76(50)49-18-14-46(15-19-49)67-53-63-39-66-58(70-53)75-30-28-73(29-31-75)56-62-36-45(33-41-6-2-1-3-7-41)52(69-56)44-12-10-42(11-13-44)32-43-34-60-55(61-35-43)72-24-26-74(27-25-72)57-65-40-64-54(71-57)68-47-16-20-51(21-17-47)78-38-48-8-4-22-59-48/h1-3,6-7,10-21,34-36,39-40,48,50,59,77H,4-5,8-9,22-33,37-38H2,(H,63,66,67,70)(H,64,65,68,71)/t48-,50+/m1/s1. The molecule has 0 radical (unpaired) electrons. The number of piperazine rings is 2. The Kier molecular flexibility index (Phi) is 15.3. The number of benzene rings is 4. The highest BCUT2D eigenvalue weighted by Crippen LogP contribution is 2.30. The Hall–Kier alpha value is -8.62. The molecule has 78 heavy (non-hydrogen) atoms. The molecule has 8 aromatic rings. The third-order valence-electron chi connectivity index (χ3n) is 15.0. The van der Waals surface area contributed by atoms with Crippen LogP contribution in [0.15, 0.2) is 134 Å². The van der Waals surface area contributed by atoms with Gasteiger partial charge in [-0.2, -0.15) is 9.97 Å². The predicted molar refractivity (Wildman–Crippen MR) is 303 cm³/mol. The molecule has 4 aliphatic heterocycles. The number of nitrogens with zero attached hydrogens (tertiary/aromatic N) is 15. The van der Waals surface area contributed by atoms with Crippen molar-refractivity contribution in [1.82, 2.24) is 55.2 Å². The lowest BCUT2D eigenvalue weighted by atomic mass is 9.99. The van der Waals surface area contributed by atoms with E-state index in [0.717, 1.165) is 109 Å². The maximum atomic E-state index is 9.80. The molecule has 8 heterocycles. The van der Waals surface area contributed by atoms with E-state index in [4.69, 9.17) is 34.6 Å². The molecular weight excluding hydrogens is 981 g/mol. The number of aliphatic hydroxyl groups is 1. The molecule has 0 spiro atoms. The smallest absolute Gasteiger partial charge is 0.231 e. The Labute approximate surface area is 454 Å². The summed E-state index contributed by atoms with van der Waals surface area (Å²) in [6.07, 6.45) is 14.9. The van der Waals surface area contributed by atoms with E-state index in [1.54, 1.807) is 12.7 Å². The van der Waals surface area contributed by atoms with Gasteiger partial charge in [0.25, 0.3) is 0 Å². The lowest BCUT2D eigenvalue weighted by molar-refractivity contribution is 0.266. The van der Waals surface area contributed by atoms with Crippen LogP contribution in [0.3, 0.4) is 0 Å². The molecule has 4 N–H and O–H groups in total. The molecule has 0 unspecified atom stereocenters. The van der Waals surface area contributed by atoms with Crippen molar-refractivity contribution >= 4 is 52.8 Å². The van der Waals surface area contributed by atoms with E-state index >= 15 is 0 Å². The minimum absolute atomic E-state index is 0.169. The van der Waals surface area contributed by atoms with Crippen LogP contribution in [0, 0.1) is 0 Å². The molecule has 4 aromatic heterocycles. The third kappa shape index (κ3) is 12.1. The number of nitrogens with one attached hydrogen (secondary N) is 3. The fraction of sp³-hybridized carbons (Fsp3) is 0.345. The van der Waals surface area contributed by atoms with Gasteiger partial charge < -0.3 is 50.3 Å². The number of aromatic nitrogens is 10. The maximum Gasteiger partial charge on any atom is 0.231 e. The fourth-order valence-electron chi connectivity index (χ4n) is 10.7. The summed E-state index contributed by atoms with van der Waals surface area (Å²) in [5.74, 6) is 4.51. The normalized spacial score (nSPS) is 17.6. The third-order valence-corrected chi connectivity index (χ3v) is 15.0. The number of anilines is 9. The number of hydrogen-bond acceptors (Lipinski definition) is 20. The summed E-state index contributed by atoms with van der Waals surface area (Å²) in [6, 6.07) is 35.9. The van der Waals surface area contributed by atoms with Crippen LogP contribution in [0.25, 0.3) is 11.3 Å². The Bertz CT molecular complexity index is 3210. The quantitative estimate of drug-likeness (QED) is 0.0703. The Morgan fingerprint density at radius 1 is 0.526 bits per heavy atom. The Balaban J connectivity index is 0.646. The molecule has 0 aliphatic carbocycles. The summed E-state index contributed by atoms with van der Waals surface area (Å²) in [7, 11) is 0. The first-order valence-corrected chi connectivity index (χ1v) is 27.2. The summed E-state index contributed by atoms with van der Waals surface area (Å²) in [5.41, 5.74) is 9.31. The van der Waals surface area contributed by atoms with Crippen molar-refractivity contribution in [3.05, 3.63) is 157 Å². The van der Waals surface area contributed by atoms with Crippen molar-refractivity contribution in [3.63, 3.8) is 0 Å². The first-order valence-electron chi connectivity index (χ1n) is 27.2. The van der Waals surface area contributed by atoms with Gasteiger partial charge in [-0.15, -0.1) is 0 Å². The zero-order valence-electron chi connectivity index (χ0n) is 43.6. The molecule has 398 valence electrons. The van der Waals surface area contributed by atoms with Gasteiger partial charge in [-0.3, -0.25) is 0 Å². The highest BCUT2D eigenvalue weighted by molar-refractivity contribution is 5.66. The monoisotopic (exact) mass is 1040 g/mol.